The second-order valence-electron chi connectivity index (χ2n) is 6.11. The van der Waals surface area contributed by atoms with Crippen molar-refractivity contribution in [2.75, 3.05) is 25.0 Å². The summed E-state index contributed by atoms with van der Waals surface area (Å²) >= 11 is 0. The average molecular weight is 281 g/mol. The highest BCUT2D eigenvalue weighted by atomic mass is 35.5. The molecule has 1 N–H and O–H groups in total. The van der Waals surface area contributed by atoms with Crippen LogP contribution >= 0.6 is 12.4 Å². The van der Waals surface area contributed by atoms with Crippen molar-refractivity contribution < 1.29 is 0 Å². The van der Waals surface area contributed by atoms with Gasteiger partial charge in [-0.2, -0.15) is 0 Å². The van der Waals surface area contributed by atoms with E-state index in [1.54, 1.807) is 0 Å². The Morgan fingerprint density at radius 3 is 2.89 bits per heavy atom. The highest BCUT2D eigenvalue weighted by Crippen LogP contribution is 2.29. The summed E-state index contributed by atoms with van der Waals surface area (Å²) in [6.45, 7) is 9.53. The fourth-order valence-corrected chi connectivity index (χ4v) is 3.28. The van der Waals surface area contributed by atoms with E-state index in [2.05, 4.69) is 42.3 Å². The van der Waals surface area contributed by atoms with E-state index >= 15 is 0 Å². The van der Waals surface area contributed by atoms with E-state index in [1.165, 1.54) is 42.7 Å². The van der Waals surface area contributed by atoms with Crippen LogP contribution < -0.4 is 5.32 Å². The number of anilines is 1. The molecular formula is C16H25ClN2. The van der Waals surface area contributed by atoms with Gasteiger partial charge in [0.25, 0.3) is 0 Å². The number of likely N-dealkylation sites (tertiary alicyclic amines) is 1. The summed E-state index contributed by atoms with van der Waals surface area (Å²) in [4.78, 5) is 2.63. The summed E-state index contributed by atoms with van der Waals surface area (Å²) in [7, 11) is 0. The van der Waals surface area contributed by atoms with Gasteiger partial charge in [0.15, 0.2) is 0 Å². The second-order valence-corrected chi connectivity index (χ2v) is 6.11. The highest BCUT2D eigenvalue weighted by molar-refractivity contribution is 5.85. The van der Waals surface area contributed by atoms with Crippen LogP contribution in [0.4, 0.5) is 5.69 Å². The molecule has 2 nitrogen and oxygen atoms in total. The molecule has 0 bridgehead atoms. The van der Waals surface area contributed by atoms with Crippen molar-refractivity contribution >= 4 is 18.1 Å². The van der Waals surface area contributed by atoms with E-state index in [0.717, 1.165) is 24.9 Å². The maximum atomic E-state index is 3.55. The first kappa shape index (κ1) is 14.7. The summed E-state index contributed by atoms with van der Waals surface area (Å²) in [5.74, 6) is 1.73. The predicted octanol–water partition coefficient (Wildman–Crippen LogP) is 3.55. The molecular weight excluding hydrogens is 256 g/mol. The lowest BCUT2D eigenvalue weighted by Crippen LogP contribution is -2.37. The molecule has 106 valence electrons. The first-order chi connectivity index (χ1) is 8.74. The van der Waals surface area contributed by atoms with Gasteiger partial charge in [-0.25, -0.2) is 0 Å². The molecule has 1 aromatic rings. The molecule has 3 heteroatoms. The number of para-hydroxylation sites is 1. The Morgan fingerprint density at radius 1 is 1.26 bits per heavy atom. The molecule has 2 heterocycles. The van der Waals surface area contributed by atoms with Gasteiger partial charge in [0, 0.05) is 25.3 Å². The monoisotopic (exact) mass is 280 g/mol. The van der Waals surface area contributed by atoms with Gasteiger partial charge in [-0.15, -0.1) is 12.4 Å². The lowest BCUT2D eigenvalue weighted by atomic mass is 9.88. The Labute approximate surface area is 123 Å². The van der Waals surface area contributed by atoms with Crippen LogP contribution in [0.25, 0.3) is 0 Å². The van der Waals surface area contributed by atoms with Crippen molar-refractivity contribution in [3.05, 3.63) is 29.3 Å². The highest BCUT2D eigenvalue weighted by Gasteiger charge is 2.23. The number of nitrogens with zero attached hydrogens (tertiary/aromatic N) is 1. The third-order valence-corrected chi connectivity index (χ3v) is 4.75. The van der Waals surface area contributed by atoms with Gasteiger partial charge in [-0.1, -0.05) is 32.0 Å². The van der Waals surface area contributed by atoms with Gasteiger partial charge in [-0.05, 0) is 42.3 Å². The Kier molecular flexibility index (Phi) is 4.75. The van der Waals surface area contributed by atoms with Crippen LogP contribution in [-0.4, -0.2) is 24.5 Å². The van der Waals surface area contributed by atoms with Crippen molar-refractivity contribution in [3.63, 3.8) is 0 Å². The van der Waals surface area contributed by atoms with Crippen molar-refractivity contribution in [2.24, 2.45) is 11.8 Å². The number of rotatable bonds is 2. The summed E-state index contributed by atoms with van der Waals surface area (Å²) < 4.78 is 0. The molecule has 1 saturated heterocycles. The van der Waals surface area contributed by atoms with E-state index in [4.69, 9.17) is 0 Å². The number of hydrogen-bond acceptors (Lipinski definition) is 2. The number of hydrogen-bond donors (Lipinski definition) is 1. The van der Waals surface area contributed by atoms with Crippen LogP contribution in [0.1, 0.15) is 31.4 Å². The van der Waals surface area contributed by atoms with Crippen molar-refractivity contribution in [3.8, 4) is 0 Å². The van der Waals surface area contributed by atoms with Crippen molar-refractivity contribution in [1.82, 2.24) is 4.90 Å². The minimum absolute atomic E-state index is 0. The van der Waals surface area contributed by atoms with Crippen LogP contribution in [0.15, 0.2) is 18.2 Å². The molecule has 2 aliphatic rings. The number of piperidine rings is 1. The van der Waals surface area contributed by atoms with Gasteiger partial charge in [0.2, 0.25) is 0 Å². The number of halogens is 1. The lowest BCUT2D eigenvalue weighted by Gasteiger charge is -2.35. The molecule has 2 atom stereocenters. The average Bonchev–Trinajstić information content (AvgIpc) is 2.83. The van der Waals surface area contributed by atoms with Crippen molar-refractivity contribution in [1.29, 1.82) is 0 Å². The molecule has 3 rings (SSSR count). The molecule has 0 spiro atoms. The number of fused-ring (bicyclic) bond motifs is 1. The van der Waals surface area contributed by atoms with Crippen LogP contribution in [0.5, 0.6) is 0 Å². The Balaban J connectivity index is 0.00000133. The third kappa shape index (κ3) is 3.06. The van der Waals surface area contributed by atoms with Crippen LogP contribution in [0, 0.1) is 11.8 Å². The predicted molar refractivity (Wildman–Crippen MR) is 84.1 cm³/mol. The van der Waals surface area contributed by atoms with E-state index in [0.29, 0.717) is 0 Å². The van der Waals surface area contributed by atoms with E-state index < -0.39 is 0 Å². The zero-order valence-corrected chi connectivity index (χ0v) is 12.8. The van der Waals surface area contributed by atoms with E-state index in [-0.39, 0.29) is 12.4 Å². The largest absolute Gasteiger partial charge is 0.384 e. The van der Waals surface area contributed by atoms with Crippen LogP contribution in [-0.2, 0) is 13.0 Å². The maximum Gasteiger partial charge on any atom is 0.0419 e. The minimum Gasteiger partial charge on any atom is -0.384 e. The molecule has 2 unspecified atom stereocenters. The SMILES string of the molecule is CC1CCN(Cc2cccc3c2NCC3)CC1C.Cl. The molecule has 0 aromatic heterocycles. The summed E-state index contributed by atoms with van der Waals surface area (Å²) in [6, 6.07) is 6.77. The molecule has 19 heavy (non-hydrogen) atoms. The summed E-state index contributed by atoms with van der Waals surface area (Å²) in [5, 5.41) is 3.55. The molecule has 2 aliphatic heterocycles. The summed E-state index contributed by atoms with van der Waals surface area (Å²) in [5.41, 5.74) is 4.42. The minimum atomic E-state index is 0. The zero-order chi connectivity index (χ0) is 12.5. The molecule has 1 fully saturated rings. The maximum absolute atomic E-state index is 3.55. The lowest BCUT2D eigenvalue weighted by molar-refractivity contribution is 0.132. The van der Waals surface area contributed by atoms with Gasteiger partial charge in [0.1, 0.15) is 0 Å². The smallest absolute Gasteiger partial charge is 0.0419 e. The fraction of sp³-hybridized carbons (Fsp3) is 0.625. The summed E-state index contributed by atoms with van der Waals surface area (Å²) in [6.07, 6.45) is 2.54. The quantitative estimate of drug-likeness (QED) is 0.891. The van der Waals surface area contributed by atoms with Crippen LogP contribution in [0.3, 0.4) is 0 Å². The van der Waals surface area contributed by atoms with Gasteiger partial charge in [-0.3, -0.25) is 4.90 Å². The third-order valence-electron chi connectivity index (χ3n) is 4.75. The van der Waals surface area contributed by atoms with Crippen molar-refractivity contribution in [2.45, 2.75) is 33.2 Å². The number of benzene rings is 1. The molecule has 0 saturated carbocycles. The van der Waals surface area contributed by atoms with Gasteiger partial charge >= 0.3 is 0 Å². The molecule has 1 aromatic carbocycles. The standard InChI is InChI=1S/C16H24N2.ClH/c1-12-7-9-18(10-13(12)2)11-15-5-3-4-14-6-8-17-16(14)15;/h3-5,12-13,17H,6-11H2,1-2H3;1H. The van der Waals surface area contributed by atoms with E-state index in [1.807, 2.05) is 0 Å². The molecule has 0 radical (unpaired) electrons. The second kappa shape index (κ2) is 6.15. The Morgan fingerprint density at radius 2 is 2.11 bits per heavy atom. The van der Waals surface area contributed by atoms with Gasteiger partial charge < -0.3 is 5.32 Å². The first-order valence-electron chi connectivity index (χ1n) is 7.31. The zero-order valence-electron chi connectivity index (χ0n) is 12.0. The first-order valence-corrected chi connectivity index (χ1v) is 7.31. The van der Waals surface area contributed by atoms with Gasteiger partial charge in [0.05, 0.1) is 0 Å². The number of nitrogens with one attached hydrogen (secondary N) is 1. The van der Waals surface area contributed by atoms with E-state index in [9.17, 15) is 0 Å². The molecule has 0 amide bonds. The Bertz CT molecular complexity index is 433. The normalized spacial score (nSPS) is 26.4. The topological polar surface area (TPSA) is 15.3 Å². The van der Waals surface area contributed by atoms with Crippen LogP contribution in [0.2, 0.25) is 0 Å². The Hall–Kier alpha value is -0.730. The fourth-order valence-electron chi connectivity index (χ4n) is 3.28. The molecule has 0 aliphatic carbocycles.